The summed E-state index contributed by atoms with van der Waals surface area (Å²) in [4.78, 5) is 0. The number of benzene rings is 1. The molecule has 0 aliphatic rings. The van der Waals surface area contributed by atoms with Gasteiger partial charge >= 0.3 is 0 Å². The molecule has 1 heterocycles. The molecule has 0 saturated heterocycles. The predicted octanol–water partition coefficient (Wildman–Crippen LogP) is 3.25. The molecular formula is C12H13Cl2N3. The van der Waals surface area contributed by atoms with E-state index >= 15 is 0 Å². The Labute approximate surface area is 110 Å². The van der Waals surface area contributed by atoms with E-state index in [0.717, 1.165) is 22.6 Å². The van der Waals surface area contributed by atoms with E-state index < -0.39 is 0 Å². The van der Waals surface area contributed by atoms with Gasteiger partial charge in [-0.05, 0) is 26.0 Å². The van der Waals surface area contributed by atoms with Crippen molar-refractivity contribution < 1.29 is 0 Å². The first-order valence-electron chi connectivity index (χ1n) is 5.25. The van der Waals surface area contributed by atoms with E-state index in [9.17, 15) is 0 Å². The highest BCUT2D eigenvalue weighted by Crippen LogP contribution is 2.29. The summed E-state index contributed by atoms with van der Waals surface area (Å²) in [7, 11) is 0. The molecule has 0 fully saturated rings. The zero-order valence-corrected chi connectivity index (χ0v) is 11.2. The molecule has 0 spiro atoms. The molecule has 0 aliphatic carbocycles. The number of rotatable bonds is 2. The normalized spacial score (nSPS) is 10.9. The van der Waals surface area contributed by atoms with Crippen molar-refractivity contribution >= 4 is 23.2 Å². The smallest absolute Gasteiger partial charge is 0.0850 e. The quantitative estimate of drug-likeness (QED) is 0.910. The summed E-state index contributed by atoms with van der Waals surface area (Å²) in [5, 5.41) is 5.47. The van der Waals surface area contributed by atoms with Gasteiger partial charge in [0, 0.05) is 17.8 Å². The van der Waals surface area contributed by atoms with Crippen molar-refractivity contribution in [1.29, 1.82) is 0 Å². The third kappa shape index (κ3) is 2.06. The number of halogens is 2. The van der Waals surface area contributed by atoms with Crippen LogP contribution in [-0.2, 0) is 6.54 Å². The molecule has 5 heteroatoms. The van der Waals surface area contributed by atoms with Gasteiger partial charge in [0.25, 0.3) is 0 Å². The Bertz CT molecular complexity index is 561. The largest absolute Gasteiger partial charge is 0.326 e. The second-order valence-corrected chi connectivity index (χ2v) is 4.62. The van der Waals surface area contributed by atoms with E-state index in [1.165, 1.54) is 0 Å². The average molecular weight is 270 g/mol. The SMILES string of the molecule is Cc1nn(-c2cccc(Cl)c2Cl)c(C)c1CN. The van der Waals surface area contributed by atoms with Crippen molar-refractivity contribution in [2.24, 2.45) is 5.73 Å². The van der Waals surface area contributed by atoms with Crippen LogP contribution in [-0.4, -0.2) is 9.78 Å². The number of aromatic nitrogens is 2. The number of nitrogens with two attached hydrogens (primary N) is 1. The Balaban J connectivity index is 2.65. The fourth-order valence-corrected chi connectivity index (χ4v) is 2.24. The van der Waals surface area contributed by atoms with Crippen LogP contribution in [0, 0.1) is 13.8 Å². The molecule has 3 nitrogen and oxygen atoms in total. The number of hydrogen-bond acceptors (Lipinski definition) is 2. The highest BCUT2D eigenvalue weighted by molar-refractivity contribution is 6.43. The molecule has 0 amide bonds. The van der Waals surface area contributed by atoms with Crippen molar-refractivity contribution in [3.8, 4) is 5.69 Å². The van der Waals surface area contributed by atoms with Crippen LogP contribution in [0.3, 0.4) is 0 Å². The van der Waals surface area contributed by atoms with Crippen LogP contribution >= 0.6 is 23.2 Å². The molecule has 17 heavy (non-hydrogen) atoms. The summed E-state index contributed by atoms with van der Waals surface area (Å²) in [6.07, 6.45) is 0. The van der Waals surface area contributed by atoms with Gasteiger partial charge in [-0.25, -0.2) is 4.68 Å². The maximum Gasteiger partial charge on any atom is 0.0850 e. The topological polar surface area (TPSA) is 43.8 Å². The van der Waals surface area contributed by atoms with Gasteiger partial charge < -0.3 is 5.73 Å². The molecule has 0 unspecified atom stereocenters. The van der Waals surface area contributed by atoms with Gasteiger partial charge in [0.1, 0.15) is 0 Å². The van der Waals surface area contributed by atoms with E-state index in [2.05, 4.69) is 5.10 Å². The molecule has 0 saturated carbocycles. The maximum atomic E-state index is 6.18. The number of aryl methyl sites for hydroxylation is 1. The van der Waals surface area contributed by atoms with E-state index in [1.807, 2.05) is 26.0 Å². The highest BCUT2D eigenvalue weighted by Gasteiger charge is 2.14. The molecule has 1 aromatic carbocycles. The molecule has 90 valence electrons. The van der Waals surface area contributed by atoms with Gasteiger partial charge in [0.2, 0.25) is 0 Å². The average Bonchev–Trinajstić information content (AvgIpc) is 2.58. The minimum atomic E-state index is 0.468. The monoisotopic (exact) mass is 269 g/mol. The van der Waals surface area contributed by atoms with Crippen molar-refractivity contribution in [2.45, 2.75) is 20.4 Å². The minimum absolute atomic E-state index is 0.468. The molecule has 0 atom stereocenters. The molecule has 2 N–H and O–H groups in total. The minimum Gasteiger partial charge on any atom is -0.326 e. The second kappa shape index (κ2) is 4.69. The summed E-state index contributed by atoms with van der Waals surface area (Å²) in [5.74, 6) is 0. The number of nitrogens with zero attached hydrogens (tertiary/aromatic N) is 2. The molecule has 0 aliphatic heterocycles. The van der Waals surface area contributed by atoms with Crippen LogP contribution in [0.4, 0.5) is 0 Å². The van der Waals surface area contributed by atoms with Crippen LogP contribution in [0.25, 0.3) is 5.69 Å². The summed E-state index contributed by atoms with van der Waals surface area (Å²) < 4.78 is 1.78. The Morgan fingerprint density at radius 2 is 2.00 bits per heavy atom. The van der Waals surface area contributed by atoms with Gasteiger partial charge in [-0.3, -0.25) is 0 Å². The van der Waals surface area contributed by atoms with E-state index in [4.69, 9.17) is 28.9 Å². The van der Waals surface area contributed by atoms with Crippen LogP contribution < -0.4 is 5.73 Å². The van der Waals surface area contributed by atoms with E-state index in [1.54, 1.807) is 10.7 Å². The Morgan fingerprint density at radius 1 is 1.29 bits per heavy atom. The summed E-state index contributed by atoms with van der Waals surface area (Å²) in [5.41, 5.74) is 9.43. The van der Waals surface area contributed by atoms with Crippen molar-refractivity contribution in [1.82, 2.24) is 9.78 Å². The Morgan fingerprint density at radius 3 is 2.59 bits per heavy atom. The van der Waals surface area contributed by atoms with Crippen LogP contribution in [0.5, 0.6) is 0 Å². The molecule has 1 aromatic heterocycles. The van der Waals surface area contributed by atoms with Crippen molar-refractivity contribution in [3.05, 3.63) is 45.2 Å². The van der Waals surface area contributed by atoms with Gasteiger partial charge in [0.05, 0.1) is 21.4 Å². The lowest BCUT2D eigenvalue weighted by atomic mass is 10.2. The van der Waals surface area contributed by atoms with Gasteiger partial charge in [-0.1, -0.05) is 29.3 Å². The molecule has 0 radical (unpaired) electrons. The molecular weight excluding hydrogens is 257 g/mol. The van der Waals surface area contributed by atoms with Crippen molar-refractivity contribution in [2.75, 3.05) is 0 Å². The third-order valence-electron chi connectivity index (χ3n) is 2.80. The molecule has 2 aromatic rings. The summed E-state index contributed by atoms with van der Waals surface area (Å²) in [6, 6.07) is 5.49. The predicted molar refractivity (Wildman–Crippen MR) is 70.9 cm³/mol. The fraction of sp³-hybridized carbons (Fsp3) is 0.250. The lowest BCUT2D eigenvalue weighted by Gasteiger charge is -2.08. The van der Waals surface area contributed by atoms with E-state index in [0.29, 0.717) is 16.6 Å². The van der Waals surface area contributed by atoms with Gasteiger partial charge in [-0.2, -0.15) is 5.10 Å². The van der Waals surface area contributed by atoms with Crippen LogP contribution in [0.2, 0.25) is 10.0 Å². The summed E-state index contributed by atoms with van der Waals surface area (Å²) >= 11 is 12.2. The zero-order chi connectivity index (χ0) is 12.6. The zero-order valence-electron chi connectivity index (χ0n) is 9.67. The standard InChI is InChI=1S/C12H13Cl2N3/c1-7-9(6-15)8(2)17(16-7)11-5-3-4-10(13)12(11)14/h3-5H,6,15H2,1-2H3. The first-order valence-corrected chi connectivity index (χ1v) is 6.01. The first kappa shape index (κ1) is 12.4. The maximum absolute atomic E-state index is 6.18. The van der Waals surface area contributed by atoms with Gasteiger partial charge in [-0.15, -0.1) is 0 Å². The second-order valence-electron chi connectivity index (χ2n) is 3.84. The number of hydrogen-bond donors (Lipinski definition) is 1. The Hall–Kier alpha value is -1.03. The lowest BCUT2D eigenvalue weighted by Crippen LogP contribution is -2.02. The summed E-state index contributed by atoms with van der Waals surface area (Å²) in [6.45, 7) is 4.37. The van der Waals surface area contributed by atoms with Crippen molar-refractivity contribution in [3.63, 3.8) is 0 Å². The third-order valence-corrected chi connectivity index (χ3v) is 3.61. The lowest BCUT2D eigenvalue weighted by molar-refractivity contribution is 0.832. The molecule has 2 rings (SSSR count). The Kier molecular flexibility index (Phi) is 3.43. The fourth-order valence-electron chi connectivity index (χ4n) is 1.86. The van der Waals surface area contributed by atoms with E-state index in [-0.39, 0.29) is 0 Å². The van der Waals surface area contributed by atoms with Crippen LogP contribution in [0.1, 0.15) is 17.0 Å². The van der Waals surface area contributed by atoms with Crippen LogP contribution in [0.15, 0.2) is 18.2 Å². The first-order chi connectivity index (χ1) is 8.06. The van der Waals surface area contributed by atoms with Gasteiger partial charge in [0.15, 0.2) is 0 Å². The highest BCUT2D eigenvalue weighted by atomic mass is 35.5. The molecule has 0 bridgehead atoms.